The SMILES string of the molecule is O=C(NN=Cc1ccc(OC(=O)c2cccc(Br)c2)cc1)C(=O)Nc1ccccc1C(=O)NC1CCCCC1. The number of benzene rings is 3. The first-order chi connectivity index (χ1) is 18.9. The van der Waals surface area contributed by atoms with Crippen molar-refractivity contribution in [2.75, 3.05) is 5.32 Å². The van der Waals surface area contributed by atoms with Gasteiger partial charge < -0.3 is 15.4 Å². The van der Waals surface area contributed by atoms with Crippen LogP contribution >= 0.6 is 15.9 Å². The van der Waals surface area contributed by atoms with Crippen LogP contribution in [0.5, 0.6) is 5.75 Å². The van der Waals surface area contributed by atoms with Crippen LogP contribution in [-0.4, -0.2) is 35.9 Å². The lowest BCUT2D eigenvalue weighted by Gasteiger charge is -2.23. The summed E-state index contributed by atoms with van der Waals surface area (Å²) in [6.07, 6.45) is 6.53. The number of nitrogens with one attached hydrogen (secondary N) is 3. The number of amides is 3. The molecule has 0 unspecified atom stereocenters. The Kier molecular flexibility index (Phi) is 9.58. The Morgan fingerprint density at radius 3 is 2.36 bits per heavy atom. The molecule has 3 aromatic carbocycles. The summed E-state index contributed by atoms with van der Waals surface area (Å²) in [6.45, 7) is 0. The highest BCUT2D eigenvalue weighted by Crippen LogP contribution is 2.20. The Bertz CT molecular complexity index is 1380. The Morgan fingerprint density at radius 1 is 0.872 bits per heavy atom. The summed E-state index contributed by atoms with van der Waals surface area (Å²) in [6, 6.07) is 19.9. The van der Waals surface area contributed by atoms with Crippen LogP contribution in [0.1, 0.15) is 58.4 Å². The number of para-hydroxylation sites is 1. The molecule has 0 heterocycles. The van der Waals surface area contributed by atoms with Gasteiger partial charge in [0.15, 0.2) is 0 Å². The number of rotatable bonds is 7. The van der Waals surface area contributed by atoms with Crippen molar-refractivity contribution in [2.45, 2.75) is 38.1 Å². The molecule has 3 aromatic rings. The van der Waals surface area contributed by atoms with Crippen molar-refractivity contribution >= 4 is 51.5 Å². The quantitative estimate of drug-likeness (QED) is 0.120. The smallest absolute Gasteiger partial charge is 0.343 e. The number of halogens is 1. The third-order valence-corrected chi connectivity index (χ3v) is 6.59. The molecule has 9 nitrogen and oxygen atoms in total. The predicted molar refractivity (Wildman–Crippen MR) is 151 cm³/mol. The predicted octanol–water partition coefficient (Wildman–Crippen LogP) is 4.82. The first-order valence-corrected chi connectivity index (χ1v) is 13.3. The van der Waals surface area contributed by atoms with E-state index in [1.54, 1.807) is 66.7 Å². The van der Waals surface area contributed by atoms with E-state index in [2.05, 4.69) is 37.1 Å². The minimum Gasteiger partial charge on any atom is -0.423 e. The first kappa shape index (κ1) is 27.7. The van der Waals surface area contributed by atoms with Gasteiger partial charge in [0.2, 0.25) is 0 Å². The molecular formula is C29H27BrN4O5. The fraction of sp³-hybridized carbons (Fsp3) is 0.207. The van der Waals surface area contributed by atoms with Crippen LogP contribution in [0.3, 0.4) is 0 Å². The molecule has 0 atom stereocenters. The number of anilines is 1. The number of hydrogen-bond acceptors (Lipinski definition) is 6. The van der Waals surface area contributed by atoms with Crippen molar-refractivity contribution in [2.24, 2.45) is 5.10 Å². The minimum absolute atomic E-state index is 0.111. The fourth-order valence-electron chi connectivity index (χ4n) is 4.10. The minimum atomic E-state index is -0.992. The number of hydrogen-bond donors (Lipinski definition) is 3. The standard InChI is InChI=1S/C29H27BrN4O5/c30-21-8-6-7-20(17-21)29(38)39-23-15-13-19(14-16-23)18-31-34-28(37)27(36)33-25-12-5-4-11-24(25)26(35)32-22-9-2-1-3-10-22/h4-8,11-18,22H,1-3,9-10H2,(H,32,35)(H,33,36)(H,34,37). The molecule has 0 bridgehead atoms. The summed E-state index contributed by atoms with van der Waals surface area (Å²) in [5.74, 6) is -2.40. The van der Waals surface area contributed by atoms with Gasteiger partial charge in [0.1, 0.15) is 5.75 Å². The third-order valence-electron chi connectivity index (χ3n) is 6.10. The molecule has 0 saturated heterocycles. The number of carbonyl (C=O) groups excluding carboxylic acids is 4. The van der Waals surface area contributed by atoms with E-state index in [0.717, 1.165) is 30.2 Å². The van der Waals surface area contributed by atoms with Crippen molar-refractivity contribution in [3.63, 3.8) is 0 Å². The number of nitrogens with zero attached hydrogens (tertiary/aromatic N) is 1. The van der Waals surface area contributed by atoms with Crippen LogP contribution in [0.15, 0.2) is 82.4 Å². The zero-order chi connectivity index (χ0) is 27.6. The van der Waals surface area contributed by atoms with E-state index in [9.17, 15) is 19.2 Å². The fourth-order valence-corrected chi connectivity index (χ4v) is 4.50. The Morgan fingerprint density at radius 2 is 1.62 bits per heavy atom. The van der Waals surface area contributed by atoms with E-state index in [1.807, 2.05) is 6.07 Å². The molecule has 3 N–H and O–H groups in total. The molecule has 0 aromatic heterocycles. The average Bonchev–Trinajstić information content (AvgIpc) is 2.94. The van der Waals surface area contributed by atoms with E-state index in [1.165, 1.54) is 12.6 Å². The second-order valence-corrected chi connectivity index (χ2v) is 9.89. The van der Waals surface area contributed by atoms with Gasteiger partial charge in [-0.1, -0.05) is 53.4 Å². The molecule has 0 aliphatic heterocycles. The Hall–Kier alpha value is -4.31. The van der Waals surface area contributed by atoms with Crippen molar-refractivity contribution in [1.29, 1.82) is 0 Å². The van der Waals surface area contributed by atoms with Crippen LogP contribution in [0.2, 0.25) is 0 Å². The first-order valence-electron chi connectivity index (χ1n) is 12.5. The number of esters is 1. The molecule has 0 radical (unpaired) electrons. The molecule has 1 aliphatic carbocycles. The van der Waals surface area contributed by atoms with Gasteiger partial charge in [-0.25, -0.2) is 10.2 Å². The van der Waals surface area contributed by atoms with Gasteiger partial charge >= 0.3 is 17.8 Å². The monoisotopic (exact) mass is 590 g/mol. The second-order valence-electron chi connectivity index (χ2n) is 8.98. The van der Waals surface area contributed by atoms with Gasteiger partial charge in [-0.3, -0.25) is 14.4 Å². The highest BCUT2D eigenvalue weighted by atomic mass is 79.9. The summed E-state index contributed by atoms with van der Waals surface area (Å²) in [4.78, 5) is 49.7. The zero-order valence-corrected chi connectivity index (χ0v) is 22.6. The average molecular weight is 591 g/mol. The topological polar surface area (TPSA) is 126 Å². The van der Waals surface area contributed by atoms with Gasteiger partial charge in [0.25, 0.3) is 5.91 Å². The van der Waals surface area contributed by atoms with E-state index in [4.69, 9.17) is 4.74 Å². The molecule has 1 saturated carbocycles. The number of ether oxygens (including phenoxy) is 1. The van der Waals surface area contributed by atoms with Crippen LogP contribution in [0, 0.1) is 0 Å². The molecule has 3 amide bonds. The summed E-state index contributed by atoms with van der Waals surface area (Å²) in [5, 5.41) is 9.30. The van der Waals surface area contributed by atoms with Crippen LogP contribution in [-0.2, 0) is 9.59 Å². The van der Waals surface area contributed by atoms with Crippen molar-refractivity contribution < 1.29 is 23.9 Å². The summed E-state index contributed by atoms with van der Waals surface area (Å²) in [7, 11) is 0. The largest absolute Gasteiger partial charge is 0.423 e. The lowest BCUT2D eigenvalue weighted by atomic mass is 9.95. The Labute approximate surface area is 234 Å². The molecule has 39 heavy (non-hydrogen) atoms. The summed E-state index contributed by atoms with van der Waals surface area (Å²) >= 11 is 3.32. The van der Waals surface area contributed by atoms with Crippen LogP contribution in [0.25, 0.3) is 0 Å². The van der Waals surface area contributed by atoms with Crippen molar-refractivity contribution in [3.8, 4) is 5.75 Å². The molecule has 10 heteroatoms. The molecule has 1 fully saturated rings. The molecule has 0 spiro atoms. The molecule has 1 aliphatic rings. The zero-order valence-electron chi connectivity index (χ0n) is 21.0. The van der Waals surface area contributed by atoms with Gasteiger partial charge in [-0.05, 0) is 73.0 Å². The van der Waals surface area contributed by atoms with Gasteiger partial charge in [-0.2, -0.15) is 5.10 Å². The summed E-state index contributed by atoms with van der Waals surface area (Å²) < 4.78 is 6.12. The van der Waals surface area contributed by atoms with Gasteiger partial charge in [0.05, 0.1) is 23.0 Å². The molecule has 4 rings (SSSR count). The maximum atomic E-state index is 12.8. The van der Waals surface area contributed by atoms with Crippen LogP contribution in [0.4, 0.5) is 5.69 Å². The van der Waals surface area contributed by atoms with E-state index < -0.39 is 17.8 Å². The lowest BCUT2D eigenvalue weighted by molar-refractivity contribution is -0.136. The van der Waals surface area contributed by atoms with Crippen molar-refractivity contribution in [3.05, 3.63) is 94.0 Å². The van der Waals surface area contributed by atoms with E-state index >= 15 is 0 Å². The Balaban J connectivity index is 1.28. The van der Waals surface area contributed by atoms with Gasteiger partial charge in [-0.15, -0.1) is 0 Å². The highest BCUT2D eigenvalue weighted by Gasteiger charge is 2.21. The van der Waals surface area contributed by atoms with Crippen LogP contribution < -0.4 is 20.8 Å². The maximum absolute atomic E-state index is 12.8. The lowest BCUT2D eigenvalue weighted by Crippen LogP contribution is -2.37. The molecular weight excluding hydrogens is 564 g/mol. The summed E-state index contributed by atoms with van der Waals surface area (Å²) in [5.41, 5.74) is 3.70. The highest BCUT2D eigenvalue weighted by molar-refractivity contribution is 9.10. The number of carbonyl (C=O) groups is 4. The third kappa shape index (κ3) is 8.08. The molecule has 200 valence electrons. The van der Waals surface area contributed by atoms with E-state index in [0.29, 0.717) is 16.9 Å². The second kappa shape index (κ2) is 13.5. The normalized spacial score (nSPS) is 13.5. The van der Waals surface area contributed by atoms with Gasteiger partial charge in [0, 0.05) is 10.5 Å². The maximum Gasteiger partial charge on any atom is 0.343 e. The number of hydrazone groups is 1. The van der Waals surface area contributed by atoms with Crippen molar-refractivity contribution in [1.82, 2.24) is 10.7 Å². The van der Waals surface area contributed by atoms with E-state index in [-0.39, 0.29) is 23.2 Å².